The van der Waals surface area contributed by atoms with Crippen molar-refractivity contribution >= 4 is 12.0 Å². The standard InChI is InChI=1S/C11H16N4O3/c1-15(8-2-3-8)11(18)14-9(10(16)17)4-7-5-12-6-13-7/h5-6,8-9H,2-4H2,1H3,(H,12,13)(H,14,18)(H,16,17). The van der Waals surface area contributed by atoms with E-state index in [0.29, 0.717) is 5.69 Å². The van der Waals surface area contributed by atoms with Crippen molar-refractivity contribution in [3.63, 3.8) is 0 Å². The van der Waals surface area contributed by atoms with Crippen molar-refractivity contribution in [1.82, 2.24) is 20.2 Å². The molecule has 7 nitrogen and oxygen atoms in total. The number of carboxylic acid groups (broad SMARTS) is 1. The van der Waals surface area contributed by atoms with Crippen LogP contribution in [0.25, 0.3) is 0 Å². The highest BCUT2D eigenvalue weighted by Crippen LogP contribution is 2.25. The predicted molar refractivity (Wildman–Crippen MR) is 63.0 cm³/mol. The Morgan fingerprint density at radius 1 is 1.67 bits per heavy atom. The summed E-state index contributed by atoms with van der Waals surface area (Å²) in [6.45, 7) is 0. The molecule has 98 valence electrons. The number of aromatic amines is 1. The van der Waals surface area contributed by atoms with Crippen LogP contribution in [-0.4, -0.2) is 51.1 Å². The van der Waals surface area contributed by atoms with Crippen molar-refractivity contribution < 1.29 is 14.7 Å². The Bertz CT molecular complexity index is 428. The third kappa shape index (κ3) is 2.99. The maximum absolute atomic E-state index is 11.8. The lowest BCUT2D eigenvalue weighted by atomic mass is 10.1. The van der Waals surface area contributed by atoms with E-state index in [1.807, 2.05) is 0 Å². The molecule has 1 atom stereocenters. The molecule has 1 aromatic heterocycles. The van der Waals surface area contributed by atoms with Gasteiger partial charge in [-0.3, -0.25) is 0 Å². The first kappa shape index (κ1) is 12.4. The third-order valence-corrected chi connectivity index (χ3v) is 2.99. The molecule has 1 heterocycles. The molecule has 0 aromatic carbocycles. The number of aromatic nitrogens is 2. The number of amides is 2. The highest BCUT2D eigenvalue weighted by molar-refractivity contribution is 5.82. The molecule has 0 saturated heterocycles. The molecule has 1 aliphatic rings. The molecule has 3 N–H and O–H groups in total. The molecular formula is C11H16N4O3. The van der Waals surface area contributed by atoms with E-state index in [1.54, 1.807) is 18.1 Å². The molecule has 0 bridgehead atoms. The summed E-state index contributed by atoms with van der Waals surface area (Å²) in [6.07, 6.45) is 5.20. The maximum Gasteiger partial charge on any atom is 0.326 e. The molecular weight excluding hydrogens is 236 g/mol. The van der Waals surface area contributed by atoms with Crippen LogP contribution in [0.5, 0.6) is 0 Å². The van der Waals surface area contributed by atoms with Crippen molar-refractivity contribution in [1.29, 1.82) is 0 Å². The van der Waals surface area contributed by atoms with E-state index in [1.165, 1.54) is 6.33 Å². The molecule has 1 unspecified atom stereocenters. The zero-order chi connectivity index (χ0) is 13.1. The number of hydrogen-bond acceptors (Lipinski definition) is 3. The Morgan fingerprint density at radius 2 is 2.39 bits per heavy atom. The van der Waals surface area contributed by atoms with E-state index in [4.69, 9.17) is 5.11 Å². The first-order valence-corrected chi connectivity index (χ1v) is 5.81. The summed E-state index contributed by atoms with van der Waals surface area (Å²) >= 11 is 0. The van der Waals surface area contributed by atoms with E-state index in [2.05, 4.69) is 15.3 Å². The number of H-pyrrole nitrogens is 1. The van der Waals surface area contributed by atoms with Crippen LogP contribution >= 0.6 is 0 Å². The number of nitrogens with zero attached hydrogens (tertiary/aromatic N) is 2. The van der Waals surface area contributed by atoms with Crippen LogP contribution in [0.1, 0.15) is 18.5 Å². The van der Waals surface area contributed by atoms with Gasteiger partial charge in [0.1, 0.15) is 6.04 Å². The van der Waals surface area contributed by atoms with Gasteiger partial charge in [0.15, 0.2) is 0 Å². The summed E-state index contributed by atoms with van der Waals surface area (Å²) in [6, 6.07) is -1.03. The van der Waals surface area contributed by atoms with Crippen molar-refractivity contribution in [2.45, 2.75) is 31.3 Å². The Hall–Kier alpha value is -2.05. The first-order chi connectivity index (χ1) is 8.58. The zero-order valence-electron chi connectivity index (χ0n) is 10.1. The normalized spacial score (nSPS) is 16.1. The van der Waals surface area contributed by atoms with Crippen LogP contribution in [0.15, 0.2) is 12.5 Å². The minimum absolute atomic E-state index is 0.194. The number of rotatable bonds is 5. The zero-order valence-corrected chi connectivity index (χ0v) is 10.1. The van der Waals surface area contributed by atoms with Gasteiger partial charge in [-0.05, 0) is 12.8 Å². The molecule has 18 heavy (non-hydrogen) atoms. The molecule has 0 spiro atoms. The number of urea groups is 1. The third-order valence-electron chi connectivity index (χ3n) is 2.99. The fraction of sp³-hybridized carbons (Fsp3) is 0.545. The van der Waals surface area contributed by atoms with Gasteiger partial charge >= 0.3 is 12.0 Å². The largest absolute Gasteiger partial charge is 0.480 e. The van der Waals surface area contributed by atoms with Gasteiger partial charge in [0.2, 0.25) is 0 Å². The van der Waals surface area contributed by atoms with E-state index in [-0.39, 0.29) is 18.5 Å². The van der Waals surface area contributed by atoms with E-state index >= 15 is 0 Å². The minimum atomic E-state index is -1.05. The fourth-order valence-corrected chi connectivity index (χ4v) is 1.69. The minimum Gasteiger partial charge on any atom is -0.480 e. The van der Waals surface area contributed by atoms with Gasteiger partial charge in [-0.25, -0.2) is 14.6 Å². The van der Waals surface area contributed by atoms with Gasteiger partial charge < -0.3 is 20.3 Å². The molecule has 7 heteroatoms. The number of imidazole rings is 1. The van der Waals surface area contributed by atoms with Gasteiger partial charge in [-0.15, -0.1) is 0 Å². The van der Waals surface area contributed by atoms with Gasteiger partial charge in [0.25, 0.3) is 0 Å². The van der Waals surface area contributed by atoms with E-state index < -0.39 is 12.0 Å². The lowest BCUT2D eigenvalue weighted by Crippen LogP contribution is -2.48. The number of nitrogens with one attached hydrogen (secondary N) is 2. The fourth-order valence-electron chi connectivity index (χ4n) is 1.69. The second-order valence-electron chi connectivity index (χ2n) is 4.46. The molecule has 1 aliphatic carbocycles. The number of aliphatic carboxylic acids is 1. The van der Waals surface area contributed by atoms with Gasteiger partial charge in [0, 0.05) is 31.4 Å². The second-order valence-corrected chi connectivity index (χ2v) is 4.46. The summed E-state index contributed by atoms with van der Waals surface area (Å²) in [7, 11) is 1.68. The van der Waals surface area contributed by atoms with Crippen LogP contribution in [0.2, 0.25) is 0 Å². The number of carbonyl (C=O) groups is 2. The molecule has 1 fully saturated rings. The Labute approximate surface area is 104 Å². The highest BCUT2D eigenvalue weighted by Gasteiger charge is 2.31. The smallest absolute Gasteiger partial charge is 0.326 e. The highest BCUT2D eigenvalue weighted by atomic mass is 16.4. The first-order valence-electron chi connectivity index (χ1n) is 5.81. The molecule has 1 saturated carbocycles. The molecule has 0 radical (unpaired) electrons. The van der Waals surface area contributed by atoms with Gasteiger partial charge in [-0.2, -0.15) is 0 Å². The van der Waals surface area contributed by atoms with Crippen LogP contribution < -0.4 is 5.32 Å². The molecule has 2 amide bonds. The van der Waals surface area contributed by atoms with Crippen LogP contribution in [0, 0.1) is 0 Å². The quantitative estimate of drug-likeness (QED) is 0.697. The summed E-state index contributed by atoms with van der Waals surface area (Å²) in [4.78, 5) is 31.1. The Morgan fingerprint density at radius 3 is 2.89 bits per heavy atom. The van der Waals surface area contributed by atoms with Crippen molar-refractivity contribution in [2.75, 3.05) is 7.05 Å². The summed E-state index contributed by atoms with van der Waals surface area (Å²) in [5.41, 5.74) is 0.678. The van der Waals surface area contributed by atoms with Crippen LogP contribution in [-0.2, 0) is 11.2 Å². The van der Waals surface area contributed by atoms with Crippen molar-refractivity contribution in [3.05, 3.63) is 18.2 Å². The van der Waals surface area contributed by atoms with Crippen molar-refractivity contribution in [3.8, 4) is 0 Å². The topological polar surface area (TPSA) is 98.3 Å². The summed E-state index contributed by atoms with van der Waals surface area (Å²) in [5, 5.41) is 11.6. The average Bonchev–Trinajstić information content (AvgIpc) is 3.06. The van der Waals surface area contributed by atoms with E-state index in [9.17, 15) is 9.59 Å². The van der Waals surface area contributed by atoms with Gasteiger partial charge in [0.05, 0.1) is 6.33 Å². The lowest BCUT2D eigenvalue weighted by Gasteiger charge is -2.20. The average molecular weight is 252 g/mol. The lowest BCUT2D eigenvalue weighted by molar-refractivity contribution is -0.139. The van der Waals surface area contributed by atoms with Crippen LogP contribution in [0.3, 0.4) is 0 Å². The van der Waals surface area contributed by atoms with Crippen LogP contribution in [0.4, 0.5) is 4.79 Å². The Kier molecular flexibility index (Phi) is 3.50. The summed E-state index contributed by atoms with van der Waals surface area (Å²) < 4.78 is 0. The number of hydrogen-bond donors (Lipinski definition) is 3. The Balaban J connectivity index is 1.93. The molecule has 2 rings (SSSR count). The van der Waals surface area contributed by atoms with E-state index in [0.717, 1.165) is 12.8 Å². The SMILES string of the molecule is CN(C(=O)NC(Cc1cnc[nH]1)C(=O)O)C1CC1. The summed E-state index contributed by atoms with van der Waals surface area (Å²) in [5.74, 6) is -1.05. The second kappa shape index (κ2) is 5.07. The number of carbonyl (C=O) groups excluding carboxylic acids is 1. The molecule has 0 aliphatic heterocycles. The monoisotopic (exact) mass is 252 g/mol. The number of carboxylic acids is 1. The van der Waals surface area contributed by atoms with Gasteiger partial charge in [-0.1, -0.05) is 0 Å². The molecule has 1 aromatic rings. The predicted octanol–water partition coefficient (Wildman–Crippen LogP) is 0.209. The van der Waals surface area contributed by atoms with Crippen molar-refractivity contribution in [2.24, 2.45) is 0 Å². The maximum atomic E-state index is 11.8.